The van der Waals surface area contributed by atoms with Crippen LogP contribution in [0.2, 0.25) is 0 Å². The number of nitriles is 1. The second-order valence-corrected chi connectivity index (χ2v) is 8.58. The SMILES string of the molecule is C[C@@H]1CN(c2ccc(C#N)n3ncc(F)c23)Cc2c3c(nn21)CCN(Cc1cn[nH]c1)C3. The number of aromatic nitrogens is 6. The number of hydrogen-bond acceptors (Lipinski definition) is 6. The van der Waals surface area contributed by atoms with Gasteiger partial charge in [0, 0.05) is 49.9 Å². The first-order valence-electron chi connectivity index (χ1n) is 10.7. The summed E-state index contributed by atoms with van der Waals surface area (Å²) in [5.41, 5.74) is 6.19. The minimum Gasteiger partial charge on any atom is -0.362 e. The molecule has 0 spiro atoms. The van der Waals surface area contributed by atoms with Crippen LogP contribution in [0.1, 0.15) is 41.2 Å². The minimum absolute atomic E-state index is 0.147. The highest BCUT2D eigenvalue weighted by Crippen LogP contribution is 2.34. The van der Waals surface area contributed by atoms with Crippen LogP contribution in [-0.2, 0) is 26.1 Å². The smallest absolute Gasteiger partial charge is 0.171 e. The third-order valence-electron chi connectivity index (χ3n) is 6.50. The molecule has 0 saturated heterocycles. The number of aromatic amines is 1. The monoisotopic (exact) mass is 431 g/mol. The summed E-state index contributed by atoms with van der Waals surface area (Å²) in [4.78, 5) is 4.59. The Morgan fingerprint density at radius 2 is 2.19 bits per heavy atom. The summed E-state index contributed by atoms with van der Waals surface area (Å²) in [5, 5.41) is 25.3. The molecule has 162 valence electrons. The van der Waals surface area contributed by atoms with Crippen LogP contribution in [-0.4, -0.2) is 47.6 Å². The van der Waals surface area contributed by atoms with Crippen LogP contribution < -0.4 is 4.90 Å². The molecule has 0 saturated carbocycles. The number of hydrogen-bond donors (Lipinski definition) is 1. The highest BCUT2D eigenvalue weighted by molar-refractivity contribution is 5.75. The maximum atomic E-state index is 14.7. The summed E-state index contributed by atoms with van der Waals surface area (Å²) in [6.45, 7) is 6.13. The van der Waals surface area contributed by atoms with Gasteiger partial charge in [-0.3, -0.25) is 14.7 Å². The first-order chi connectivity index (χ1) is 15.6. The number of H-pyrrole nitrogens is 1. The van der Waals surface area contributed by atoms with Crippen molar-refractivity contribution in [1.82, 2.24) is 34.5 Å². The molecular weight excluding hydrogens is 409 g/mol. The highest BCUT2D eigenvalue weighted by atomic mass is 19.1. The van der Waals surface area contributed by atoms with Gasteiger partial charge in [-0.1, -0.05) is 0 Å². The number of halogens is 1. The molecule has 0 bridgehead atoms. The quantitative estimate of drug-likeness (QED) is 0.535. The van der Waals surface area contributed by atoms with Crippen LogP contribution in [0.15, 0.2) is 30.7 Å². The van der Waals surface area contributed by atoms with Crippen molar-refractivity contribution < 1.29 is 4.39 Å². The zero-order valence-electron chi connectivity index (χ0n) is 17.7. The van der Waals surface area contributed by atoms with E-state index in [2.05, 4.69) is 42.8 Å². The number of anilines is 1. The number of fused-ring (bicyclic) bond motifs is 4. The van der Waals surface area contributed by atoms with Gasteiger partial charge in [0.1, 0.15) is 17.3 Å². The van der Waals surface area contributed by atoms with Gasteiger partial charge in [0.15, 0.2) is 5.82 Å². The molecule has 6 heterocycles. The molecule has 0 fully saturated rings. The van der Waals surface area contributed by atoms with Gasteiger partial charge in [-0.15, -0.1) is 0 Å². The Morgan fingerprint density at radius 1 is 1.28 bits per heavy atom. The molecule has 10 heteroatoms. The molecule has 4 aromatic heterocycles. The third kappa shape index (κ3) is 2.89. The van der Waals surface area contributed by atoms with Gasteiger partial charge >= 0.3 is 0 Å². The maximum Gasteiger partial charge on any atom is 0.171 e. The number of pyridine rings is 1. The maximum absolute atomic E-state index is 14.7. The van der Waals surface area contributed by atoms with E-state index in [-0.39, 0.29) is 6.04 Å². The molecule has 1 atom stereocenters. The summed E-state index contributed by atoms with van der Waals surface area (Å²) in [7, 11) is 0. The molecule has 0 radical (unpaired) electrons. The molecule has 2 aliphatic heterocycles. The Balaban J connectivity index is 1.36. The van der Waals surface area contributed by atoms with E-state index in [1.54, 1.807) is 6.07 Å². The van der Waals surface area contributed by atoms with E-state index < -0.39 is 5.82 Å². The second-order valence-electron chi connectivity index (χ2n) is 8.58. The van der Waals surface area contributed by atoms with Crippen molar-refractivity contribution >= 4 is 11.2 Å². The van der Waals surface area contributed by atoms with Gasteiger partial charge in [0.05, 0.1) is 42.1 Å². The van der Waals surface area contributed by atoms with Gasteiger partial charge in [0.25, 0.3) is 0 Å². The molecule has 0 aromatic carbocycles. The molecule has 0 aliphatic carbocycles. The van der Waals surface area contributed by atoms with Crippen molar-refractivity contribution in [3.63, 3.8) is 0 Å². The van der Waals surface area contributed by atoms with E-state index in [9.17, 15) is 9.65 Å². The lowest BCUT2D eigenvalue weighted by molar-refractivity contribution is 0.244. The molecule has 32 heavy (non-hydrogen) atoms. The van der Waals surface area contributed by atoms with Crippen LogP contribution >= 0.6 is 0 Å². The molecule has 0 amide bonds. The van der Waals surface area contributed by atoms with Crippen molar-refractivity contribution in [2.24, 2.45) is 0 Å². The first-order valence-corrected chi connectivity index (χ1v) is 10.7. The van der Waals surface area contributed by atoms with Gasteiger partial charge in [-0.25, -0.2) is 8.91 Å². The summed E-state index contributed by atoms with van der Waals surface area (Å²) < 4.78 is 18.2. The molecule has 1 N–H and O–H groups in total. The average Bonchev–Trinajstić information content (AvgIpc) is 3.53. The lowest BCUT2D eigenvalue weighted by Crippen LogP contribution is -2.37. The predicted molar refractivity (Wildman–Crippen MR) is 114 cm³/mol. The van der Waals surface area contributed by atoms with Gasteiger partial charge < -0.3 is 4.90 Å². The number of nitrogens with one attached hydrogen (secondary N) is 1. The van der Waals surface area contributed by atoms with Gasteiger partial charge in [0.2, 0.25) is 0 Å². The van der Waals surface area contributed by atoms with Crippen LogP contribution in [0.25, 0.3) is 5.52 Å². The van der Waals surface area contributed by atoms with Crippen molar-refractivity contribution in [2.75, 3.05) is 18.0 Å². The zero-order chi connectivity index (χ0) is 21.8. The van der Waals surface area contributed by atoms with Crippen LogP contribution in [0.5, 0.6) is 0 Å². The van der Waals surface area contributed by atoms with Crippen molar-refractivity contribution in [3.8, 4) is 6.07 Å². The summed E-state index contributed by atoms with van der Waals surface area (Å²) in [5.74, 6) is -0.419. The van der Waals surface area contributed by atoms with E-state index in [0.29, 0.717) is 24.3 Å². The van der Waals surface area contributed by atoms with Crippen LogP contribution in [0.4, 0.5) is 10.1 Å². The number of rotatable bonds is 3. The Labute approximate surface area is 183 Å². The van der Waals surface area contributed by atoms with E-state index in [0.717, 1.165) is 37.4 Å². The minimum atomic E-state index is -0.419. The normalized spacial score (nSPS) is 18.5. The number of nitrogens with zero attached hydrogens (tertiary/aromatic N) is 8. The Morgan fingerprint density at radius 3 is 3.00 bits per heavy atom. The summed E-state index contributed by atoms with van der Waals surface area (Å²) in [6, 6.07) is 5.76. The topological polar surface area (TPSA) is 94.1 Å². The standard InChI is InChI=1S/C22H22FN9/c1-14-10-30(20-3-2-16(6-24)32-22(20)18(23)9-27-32)13-21-17-12-29(11-15-7-25-26-8-15)5-4-19(17)28-31(14)21/h2-3,7-9,14H,4-5,10-13H2,1H3,(H,25,26)/t14-/m1/s1. The molecule has 2 aliphatic rings. The van der Waals surface area contributed by atoms with E-state index in [1.165, 1.54) is 27.5 Å². The molecule has 6 rings (SSSR count). The first kappa shape index (κ1) is 19.0. The fraction of sp³-hybridized carbons (Fsp3) is 0.364. The highest BCUT2D eigenvalue weighted by Gasteiger charge is 2.32. The zero-order valence-corrected chi connectivity index (χ0v) is 17.7. The van der Waals surface area contributed by atoms with Gasteiger partial charge in [-0.2, -0.15) is 20.6 Å². The lowest BCUT2D eigenvalue weighted by Gasteiger charge is -2.35. The summed E-state index contributed by atoms with van der Waals surface area (Å²) >= 11 is 0. The Bertz CT molecular complexity index is 1340. The molecule has 9 nitrogen and oxygen atoms in total. The molecule has 4 aromatic rings. The van der Waals surface area contributed by atoms with E-state index in [4.69, 9.17) is 5.10 Å². The van der Waals surface area contributed by atoms with Crippen LogP contribution in [0, 0.1) is 17.1 Å². The predicted octanol–water partition coefficient (Wildman–Crippen LogP) is 2.40. The largest absolute Gasteiger partial charge is 0.362 e. The molecular formula is C22H22FN9. The summed E-state index contributed by atoms with van der Waals surface area (Å²) in [6.07, 6.45) is 5.89. The van der Waals surface area contributed by atoms with E-state index >= 15 is 0 Å². The fourth-order valence-corrected chi connectivity index (χ4v) is 5.01. The average molecular weight is 431 g/mol. The van der Waals surface area contributed by atoms with E-state index in [1.807, 2.05) is 18.5 Å². The fourth-order valence-electron chi connectivity index (χ4n) is 5.01. The second kappa shape index (κ2) is 7.17. The van der Waals surface area contributed by atoms with Crippen LogP contribution in [0.3, 0.4) is 0 Å². The van der Waals surface area contributed by atoms with Crippen molar-refractivity contribution in [3.05, 3.63) is 64.7 Å². The molecule has 0 unspecified atom stereocenters. The van der Waals surface area contributed by atoms with Crippen molar-refractivity contribution in [1.29, 1.82) is 5.26 Å². The lowest BCUT2D eigenvalue weighted by atomic mass is 10.0. The Hall–Kier alpha value is -3.71. The third-order valence-corrected chi connectivity index (χ3v) is 6.50. The Kier molecular flexibility index (Phi) is 4.26. The van der Waals surface area contributed by atoms with Gasteiger partial charge in [-0.05, 0) is 19.1 Å². The van der Waals surface area contributed by atoms with Crippen molar-refractivity contribution in [2.45, 2.75) is 39.0 Å².